The zero-order valence-corrected chi connectivity index (χ0v) is 14.7. The number of pyridine rings is 1. The van der Waals surface area contributed by atoms with Crippen LogP contribution in [0, 0.1) is 5.92 Å². The number of carboxylic acids is 1. The number of carbonyl (C=O) groups excluding carboxylic acids is 2. The molecule has 2 aliphatic rings. The molecule has 1 N–H and O–H groups in total. The van der Waals surface area contributed by atoms with Crippen molar-refractivity contribution in [2.24, 2.45) is 5.92 Å². The maximum Gasteiger partial charge on any atom is 0.326 e. The Hall–Kier alpha value is -3.02. The average molecular weight is 364 g/mol. The summed E-state index contributed by atoms with van der Waals surface area (Å²) in [6.07, 6.45) is 7.33. The van der Waals surface area contributed by atoms with Crippen molar-refractivity contribution < 1.29 is 19.5 Å². The number of aromatic nitrogens is 1. The number of carbonyl (C=O) groups is 3. The summed E-state index contributed by atoms with van der Waals surface area (Å²) in [4.78, 5) is 43.8. The third-order valence-electron chi connectivity index (χ3n) is 5.51. The second kappa shape index (κ2) is 6.95. The summed E-state index contributed by atoms with van der Waals surface area (Å²) in [5.41, 5.74) is 0.267. The SMILES string of the molecule is O=C(c1nccc2ccccc12)C1C/C=C\CC2CCC(C(=O)O)N2C1=O. The highest BCUT2D eigenvalue weighted by Gasteiger charge is 2.45. The number of carboxylic acid groups (broad SMARTS) is 1. The molecule has 6 nitrogen and oxygen atoms in total. The molecule has 1 fully saturated rings. The highest BCUT2D eigenvalue weighted by Crippen LogP contribution is 2.32. The van der Waals surface area contributed by atoms with Gasteiger partial charge in [0.15, 0.2) is 5.78 Å². The lowest BCUT2D eigenvalue weighted by molar-refractivity contribution is -0.150. The quantitative estimate of drug-likeness (QED) is 0.514. The summed E-state index contributed by atoms with van der Waals surface area (Å²) in [5, 5.41) is 11.1. The number of rotatable bonds is 3. The van der Waals surface area contributed by atoms with E-state index in [9.17, 15) is 19.5 Å². The van der Waals surface area contributed by atoms with E-state index in [2.05, 4.69) is 4.98 Å². The average Bonchev–Trinajstić information content (AvgIpc) is 3.09. The molecule has 3 atom stereocenters. The predicted molar refractivity (Wildman–Crippen MR) is 99.2 cm³/mol. The van der Waals surface area contributed by atoms with E-state index in [1.807, 2.05) is 42.5 Å². The Bertz CT molecular complexity index is 947. The lowest BCUT2D eigenvalue weighted by Crippen LogP contribution is -2.49. The fourth-order valence-corrected chi connectivity index (χ4v) is 4.16. The predicted octanol–water partition coefficient (Wildman–Crippen LogP) is 2.83. The number of benzene rings is 1. The van der Waals surface area contributed by atoms with Gasteiger partial charge in [-0.15, -0.1) is 0 Å². The summed E-state index contributed by atoms with van der Waals surface area (Å²) in [7, 11) is 0. The largest absolute Gasteiger partial charge is 0.480 e. The minimum atomic E-state index is -1.01. The van der Waals surface area contributed by atoms with Gasteiger partial charge in [0.05, 0.1) is 0 Å². The van der Waals surface area contributed by atoms with Crippen LogP contribution in [0.3, 0.4) is 0 Å². The first kappa shape index (κ1) is 17.4. The second-order valence-corrected chi connectivity index (χ2v) is 7.07. The third-order valence-corrected chi connectivity index (χ3v) is 5.51. The molecule has 6 heteroatoms. The van der Waals surface area contributed by atoms with Crippen molar-refractivity contribution in [3.05, 3.63) is 54.4 Å². The normalized spacial score (nSPS) is 26.3. The summed E-state index contributed by atoms with van der Waals surface area (Å²) < 4.78 is 0. The van der Waals surface area contributed by atoms with Crippen LogP contribution in [0.1, 0.15) is 36.2 Å². The van der Waals surface area contributed by atoms with E-state index in [0.717, 1.165) is 5.39 Å². The monoisotopic (exact) mass is 364 g/mol. The van der Waals surface area contributed by atoms with Gasteiger partial charge in [0, 0.05) is 17.6 Å². The number of hydrogen-bond donors (Lipinski definition) is 1. The van der Waals surface area contributed by atoms with Crippen LogP contribution >= 0.6 is 0 Å². The number of hydrogen-bond acceptors (Lipinski definition) is 4. The van der Waals surface area contributed by atoms with E-state index >= 15 is 0 Å². The molecule has 2 aromatic rings. The maximum absolute atomic E-state index is 13.3. The highest BCUT2D eigenvalue weighted by molar-refractivity contribution is 6.15. The van der Waals surface area contributed by atoms with Crippen LogP contribution < -0.4 is 0 Å². The summed E-state index contributed by atoms with van der Waals surface area (Å²) >= 11 is 0. The van der Waals surface area contributed by atoms with Crippen LogP contribution in [0.2, 0.25) is 0 Å². The van der Waals surface area contributed by atoms with E-state index < -0.39 is 23.8 Å². The van der Waals surface area contributed by atoms with Gasteiger partial charge in [0.1, 0.15) is 17.7 Å². The maximum atomic E-state index is 13.3. The number of allylic oxidation sites excluding steroid dienone is 1. The first-order valence-corrected chi connectivity index (χ1v) is 9.16. The summed E-state index contributed by atoms with van der Waals surface area (Å²) in [5.74, 6) is -2.70. The Morgan fingerprint density at radius 2 is 1.85 bits per heavy atom. The first-order chi connectivity index (χ1) is 13.1. The molecule has 1 aromatic carbocycles. The standard InChI is InChI=1S/C21H20N2O4/c24-19(18-15-7-3-1-5-13(15)11-12-22-18)16-8-4-2-6-14-9-10-17(21(26)27)23(14)20(16)25/h1-5,7,11-12,14,16-17H,6,8-10H2,(H,26,27)/b4-2-. The fourth-order valence-electron chi connectivity index (χ4n) is 4.16. The molecular weight excluding hydrogens is 344 g/mol. The molecule has 0 saturated carbocycles. The molecule has 4 rings (SSSR count). The lowest BCUT2D eigenvalue weighted by Gasteiger charge is -2.32. The minimum Gasteiger partial charge on any atom is -0.480 e. The van der Waals surface area contributed by atoms with Crippen molar-refractivity contribution in [3.63, 3.8) is 0 Å². The van der Waals surface area contributed by atoms with Crippen LogP contribution in [-0.4, -0.2) is 44.7 Å². The Kier molecular flexibility index (Phi) is 4.48. The van der Waals surface area contributed by atoms with Gasteiger partial charge >= 0.3 is 5.97 Å². The lowest BCUT2D eigenvalue weighted by atomic mass is 9.91. The van der Waals surface area contributed by atoms with E-state index in [0.29, 0.717) is 24.6 Å². The fraction of sp³-hybridized carbons (Fsp3) is 0.333. The van der Waals surface area contributed by atoms with Crippen LogP contribution in [-0.2, 0) is 9.59 Å². The van der Waals surface area contributed by atoms with Crippen molar-refractivity contribution in [3.8, 4) is 0 Å². The van der Waals surface area contributed by atoms with Crippen LogP contribution in [0.15, 0.2) is 48.7 Å². The van der Waals surface area contributed by atoms with Crippen LogP contribution in [0.25, 0.3) is 10.8 Å². The molecule has 0 spiro atoms. The van der Waals surface area contributed by atoms with Gasteiger partial charge < -0.3 is 10.0 Å². The zero-order chi connectivity index (χ0) is 19.0. The van der Waals surface area contributed by atoms with E-state index in [-0.39, 0.29) is 23.9 Å². The molecule has 1 aromatic heterocycles. The van der Waals surface area contributed by atoms with Gasteiger partial charge in [0.25, 0.3) is 0 Å². The van der Waals surface area contributed by atoms with Crippen molar-refractivity contribution >= 4 is 28.4 Å². The van der Waals surface area contributed by atoms with Gasteiger partial charge in [-0.05, 0) is 37.1 Å². The number of aliphatic carboxylic acids is 1. The molecule has 0 aliphatic carbocycles. The molecule has 3 unspecified atom stereocenters. The Balaban J connectivity index is 1.74. The molecule has 138 valence electrons. The van der Waals surface area contributed by atoms with Crippen molar-refractivity contribution in [1.29, 1.82) is 0 Å². The third kappa shape index (κ3) is 3.01. The van der Waals surface area contributed by atoms with E-state index in [1.54, 1.807) is 6.20 Å². The molecule has 27 heavy (non-hydrogen) atoms. The van der Waals surface area contributed by atoms with Crippen molar-refractivity contribution in [2.75, 3.05) is 0 Å². The van der Waals surface area contributed by atoms with Gasteiger partial charge in [-0.25, -0.2) is 4.79 Å². The molecule has 0 radical (unpaired) electrons. The smallest absolute Gasteiger partial charge is 0.326 e. The van der Waals surface area contributed by atoms with Crippen LogP contribution in [0.4, 0.5) is 0 Å². The van der Waals surface area contributed by atoms with Gasteiger partial charge in [0.2, 0.25) is 5.91 Å². The topological polar surface area (TPSA) is 87.6 Å². The van der Waals surface area contributed by atoms with Gasteiger partial charge in [-0.1, -0.05) is 36.4 Å². The van der Waals surface area contributed by atoms with Gasteiger partial charge in [-0.2, -0.15) is 0 Å². The molecule has 2 aliphatic heterocycles. The van der Waals surface area contributed by atoms with Crippen LogP contribution in [0.5, 0.6) is 0 Å². The van der Waals surface area contributed by atoms with E-state index in [1.165, 1.54) is 4.90 Å². The number of fused-ring (bicyclic) bond motifs is 2. The van der Waals surface area contributed by atoms with Crippen molar-refractivity contribution in [2.45, 2.75) is 37.8 Å². The molecule has 0 bridgehead atoms. The molecule has 3 heterocycles. The Morgan fingerprint density at radius 1 is 1.07 bits per heavy atom. The van der Waals surface area contributed by atoms with Crippen molar-refractivity contribution in [1.82, 2.24) is 9.88 Å². The number of Topliss-reactive ketones (excluding diaryl/α,β-unsaturated/α-hetero) is 1. The van der Waals surface area contributed by atoms with Gasteiger partial charge in [-0.3, -0.25) is 14.6 Å². The highest BCUT2D eigenvalue weighted by atomic mass is 16.4. The summed E-state index contributed by atoms with van der Waals surface area (Å²) in [6.45, 7) is 0. The first-order valence-electron chi connectivity index (χ1n) is 9.16. The van der Waals surface area contributed by atoms with E-state index in [4.69, 9.17) is 0 Å². The number of amides is 1. The second-order valence-electron chi connectivity index (χ2n) is 7.07. The minimum absolute atomic E-state index is 0.161. The zero-order valence-electron chi connectivity index (χ0n) is 14.7. The number of ketones is 1. The molecular formula is C21H20N2O4. The number of nitrogens with zero attached hydrogens (tertiary/aromatic N) is 2. The Labute approximate surface area is 156 Å². The Morgan fingerprint density at radius 3 is 2.67 bits per heavy atom. The molecule has 1 amide bonds. The summed E-state index contributed by atoms with van der Waals surface area (Å²) in [6, 6.07) is 8.23. The molecule has 1 saturated heterocycles.